The van der Waals surface area contributed by atoms with Crippen LogP contribution in [-0.2, 0) is 16.1 Å². The van der Waals surface area contributed by atoms with Crippen LogP contribution in [0.25, 0.3) is 10.6 Å². The molecule has 0 unspecified atom stereocenters. The Morgan fingerprint density at radius 2 is 2.32 bits per heavy atom. The van der Waals surface area contributed by atoms with Gasteiger partial charge in [-0.25, -0.2) is 4.98 Å². The number of methoxy groups -OCH3 is 1. The molecule has 0 aliphatic rings. The van der Waals surface area contributed by atoms with E-state index in [2.05, 4.69) is 32.5 Å². The zero-order chi connectivity index (χ0) is 15.8. The largest absolute Gasteiger partial charge is 0.385 e. The zero-order valence-electron chi connectivity index (χ0n) is 12.9. The number of nitrogens with one attached hydrogen (secondary N) is 1. The van der Waals surface area contributed by atoms with Crippen LogP contribution in [0.5, 0.6) is 0 Å². The van der Waals surface area contributed by atoms with E-state index in [1.54, 1.807) is 29.8 Å². The summed E-state index contributed by atoms with van der Waals surface area (Å²) in [5, 5.41) is 10.1. The highest BCUT2D eigenvalue weighted by Gasteiger charge is 2.10. The van der Waals surface area contributed by atoms with Gasteiger partial charge in [-0.15, -0.1) is 11.3 Å². The molecule has 5 nitrogen and oxygen atoms in total. The molecule has 2 rings (SSSR count). The third kappa shape index (κ3) is 5.49. The number of nitrogens with zero attached hydrogens (tertiary/aromatic N) is 2. The van der Waals surface area contributed by atoms with Crippen molar-refractivity contribution in [2.24, 2.45) is 0 Å². The van der Waals surface area contributed by atoms with Crippen LogP contribution >= 0.6 is 22.7 Å². The minimum atomic E-state index is 0.0342. The predicted molar refractivity (Wildman–Crippen MR) is 91.3 cm³/mol. The van der Waals surface area contributed by atoms with E-state index in [1.807, 2.05) is 11.9 Å². The number of thiophene rings is 1. The summed E-state index contributed by atoms with van der Waals surface area (Å²) in [6, 6.07) is 2.07. The Bertz CT molecular complexity index is 569. The van der Waals surface area contributed by atoms with Crippen molar-refractivity contribution in [1.82, 2.24) is 15.2 Å². The van der Waals surface area contributed by atoms with Gasteiger partial charge in [0.2, 0.25) is 5.91 Å². The summed E-state index contributed by atoms with van der Waals surface area (Å²) >= 11 is 3.31. The minimum Gasteiger partial charge on any atom is -0.385 e. The lowest BCUT2D eigenvalue weighted by molar-refractivity contribution is -0.122. The van der Waals surface area contributed by atoms with E-state index < -0.39 is 0 Å². The van der Waals surface area contributed by atoms with E-state index in [0.717, 1.165) is 17.1 Å². The van der Waals surface area contributed by atoms with Crippen LogP contribution in [0.1, 0.15) is 12.1 Å². The van der Waals surface area contributed by atoms with Crippen LogP contribution in [0.15, 0.2) is 22.2 Å². The minimum absolute atomic E-state index is 0.0342. The quantitative estimate of drug-likeness (QED) is 0.713. The number of likely N-dealkylation sites (N-methyl/N-ethyl adjacent to an activating group) is 1. The molecule has 0 aliphatic heterocycles. The van der Waals surface area contributed by atoms with Crippen molar-refractivity contribution < 1.29 is 9.53 Å². The molecular weight excluding hydrogens is 318 g/mol. The fourth-order valence-corrected chi connectivity index (χ4v) is 3.50. The molecule has 2 aromatic rings. The van der Waals surface area contributed by atoms with Gasteiger partial charge in [-0.05, 0) is 24.9 Å². The maximum Gasteiger partial charge on any atom is 0.234 e. The fraction of sp³-hybridized carbons (Fsp3) is 0.467. The highest BCUT2D eigenvalue weighted by Crippen LogP contribution is 2.25. The van der Waals surface area contributed by atoms with Crippen molar-refractivity contribution in [3.8, 4) is 10.6 Å². The number of amides is 1. The van der Waals surface area contributed by atoms with Crippen LogP contribution in [0.4, 0.5) is 0 Å². The maximum absolute atomic E-state index is 11.8. The van der Waals surface area contributed by atoms with Crippen LogP contribution in [-0.4, -0.2) is 49.6 Å². The molecule has 0 saturated carbocycles. The van der Waals surface area contributed by atoms with Crippen molar-refractivity contribution in [1.29, 1.82) is 0 Å². The highest BCUT2D eigenvalue weighted by molar-refractivity contribution is 7.14. The molecule has 0 radical (unpaired) electrons. The third-order valence-corrected chi connectivity index (χ3v) is 4.64. The lowest BCUT2D eigenvalue weighted by Crippen LogP contribution is -2.35. The summed E-state index contributed by atoms with van der Waals surface area (Å²) in [5.74, 6) is 0.0342. The van der Waals surface area contributed by atoms with Gasteiger partial charge in [0.05, 0.1) is 12.2 Å². The Morgan fingerprint density at radius 1 is 1.45 bits per heavy atom. The van der Waals surface area contributed by atoms with E-state index >= 15 is 0 Å². The smallest absolute Gasteiger partial charge is 0.234 e. The van der Waals surface area contributed by atoms with Crippen LogP contribution in [0.2, 0.25) is 0 Å². The Kier molecular flexibility index (Phi) is 6.98. The maximum atomic E-state index is 11.8. The monoisotopic (exact) mass is 339 g/mol. The molecule has 0 saturated heterocycles. The summed E-state index contributed by atoms with van der Waals surface area (Å²) in [6.45, 7) is 2.37. The van der Waals surface area contributed by atoms with E-state index in [4.69, 9.17) is 4.74 Å². The number of hydrogen-bond acceptors (Lipinski definition) is 6. The zero-order valence-corrected chi connectivity index (χ0v) is 14.5. The highest BCUT2D eigenvalue weighted by atomic mass is 32.1. The number of aromatic nitrogens is 1. The number of hydrogen-bond donors (Lipinski definition) is 1. The standard InChI is InChI=1S/C15H21N3O2S2/c1-18(9-14(19)16-5-3-6-20-2)8-13-11-22-15(17-13)12-4-7-21-10-12/h4,7,10-11H,3,5-6,8-9H2,1-2H3,(H,16,19). The van der Waals surface area contributed by atoms with Gasteiger partial charge in [0.1, 0.15) is 5.01 Å². The summed E-state index contributed by atoms with van der Waals surface area (Å²) in [6.07, 6.45) is 0.835. The summed E-state index contributed by atoms with van der Waals surface area (Å²) in [4.78, 5) is 18.4. The average Bonchev–Trinajstić information content (AvgIpc) is 3.14. The lowest BCUT2D eigenvalue weighted by Gasteiger charge is -2.14. The first-order chi connectivity index (χ1) is 10.7. The second kappa shape index (κ2) is 8.99. The lowest BCUT2D eigenvalue weighted by atomic mass is 10.3. The molecule has 7 heteroatoms. The number of ether oxygens (including phenoxy) is 1. The number of thiazole rings is 1. The average molecular weight is 339 g/mol. The third-order valence-electron chi connectivity index (χ3n) is 3.01. The first-order valence-electron chi connectivity index (χ1n) is 7.10. The van der Waals surface area contributed by atoms with E-state index in [0.29, 0.717) is 26.2 Å². The van der Waals surface area contributed by atoms with Gasteiger partial charge in [0.15, 0.2) is 0 Å². The van der Waals surface area contributed by atoms with Crippen LogP contribution in [0.3, 0.4) is 0 Å². The van der Waals surface area contributed by atoms with Gasteiger partial charge >= 0.3 is 0 Å². The molecule has 0 fully saturated rings. The summed E-state index contributed by atoms with van der Waals surface area (Å²) < 4.78 is 4.95. The second-order valence-electron chi connectivity index (χ2n) is 5.02. The molecule has 2 heterocycles. The molecule has 120 valence electrons. The van der Waals surface area contributed by atoms with Crippen molar-refractivity contribution in [2.45, 2.75) is 13.0 Å². The predicted octanol–water partition coefficient (Wildman–Crippen LogP) is 2.46. The SMILES string of the molecule is COCCCNC(=O)CN(C)Cc1csc(-c2ccsc2)n1. The molecule has 0 aliphatic carbocycles. The first-order valence-corrected chi connectivity index (χ1v) is 8.92. The molecule has 2 aromatic heterocycles. The number of rotatable bonds is 9. The molecular formula is C15H21N3O2S2. The Morgan fingerprint density at radius 3 is 3.05 bits per heavy atom. The normalized spacial score (nSPS) is 11.0. The molecule has 1 amide bonds. The topological polar surface area (TPSA) is 54.5 Å². The molecule has 22 heavy (non-hydrogen) atoms. The van der Waals surface area contributed by atoms with Gasteiger partial charge < -0.3 is 10.1 Å². The molecule has 0 atom stereocenters. The summed E-state index contributed by atoms with van der Waals surface area (Å²) in [7, 11) is 3.59. The van der Waals surface area contributed by atoms with Crippen LogP contribution in [0, 0.1) is 0 Å². The Balaban J connectivity index is 1.75. The van der Waals surface area contributed by atoms with Gasteiger partial charge in [-0.3, -0.25) is 9.69 Å². The Hall–Kier alpha value is -1.28. The molecule has 0 spiro atoms. The first kappa shape index (κ1) is 17.1. The van der Waals surface area contributed by atoms with E-state index in [9.17, 15) is 4.79 Å². The molecule has 1 N–H and O–H groups in total. The number of carbonyl (C=O) groups excluding carboxylic acids is 1. The van der Waals surface area contributed by atoms with Crippen molar-refractivity contribution in [3.63, 3.8) is 0 Å². The van der Waals surface area contributed by atoms with Gasteiger partial charge in [0.25, 0.3) is 0 Å². The summed E-state index contributed by atoms with van der Waals surface area (Å²) in [5.41, 5.74) is 2.17. The van der Waals surface area contributed by atoms with Crippen molar-refractivity contribution in [3.05, 3.63) is 27.9 Å². The number of carbonyl (C=O) groups is 1. The fourth-order valence-electron chi connectivity index (χ4n) is 1.98. The van der Waals surface area contributed by atoms with Gasteiger partial charge in [0, 0.05) is 43.1 Å². The van der Waals surface area contributed by atoms with E-state index in [-0.39, 0.29) is 5.91 Å². The molecule has 0 bridgehead atoms. The van der Waals surface area contributed by atoms with Crippen LogP contribution < -0.4 is 5.32 Å². The van der Waals surface area contributed by atoms with Gasteiger partial charge in [-0.2, -0.15) is 11.3 Å². The van der Waals surface area contributed by atoms with Crippen molar-refractivity contribution >= 4 is 28.6 Å². The van der Waals surface area contributed by atoms with Gasteiger partial charge in [-0.1, -0.05) is 0 Å². The Labute approximate surface area is 138 Å². The van der Waals surface area contributed by atoms with E-state index in [1.165, 1.54) is 5.56 Å². The second-order valence-corrected chi connectivity index (χ2v) is 6.66. The van der Waals surface area contributed by atoms with Crippen molar-refractivity contribution in [2.75, 3.05) is 33.9 Å². The molecule has 0 aromatic carbocycles.